The molecule has 1 heterocycles. The molecule has 1 amide bonds. The number of hydrogen-bond donors (Lipinski definition) is 4. The van der Waals surface area contributed by atoms with Crippen LogP contribution in [0.2, 0.25) is 0 Å². The number of amides is 1. The van der Waals surface area contributed by atoms with E-state index in [1.165, 1.54) is 5.01 Å². The maximum Gasteiger partial charge on any atom is 0.248 e. The maximum absolute atomic E-state index is 10.7. The van der Waals surface area contributed by atoms with Crippen molar-refractivity contribution in [2.24, 2.45) is 5.73 Å². The fourth-order valence-corrected chi connectivity index (χ4v) is 1.50. The molecule has 2 rings (SSSR count). The maximum atomic E-state index is 10.7. The molecule has 7 heteroatoms. The van der Waals surface area contributed by atoms with E-state index in [-0.39, 0.29) is 6.54 Å². The van der Waals surface area contributed by atoms with Crippen molar-refractivity contribution in [2.75, 3.05) is 16.7 Å². The first-order valence-corrected chi connectivity index (χ1v) is 4.69. The third-order valence-corrected chi connectivity index (χ3v) is 2.30. The van der Waals surface area contributed by atoms with Crippen LogP contribution in [0, 0.1) is 0 Å². The molecule has 1 aromatic rings. The van der Waals surface area contributed by atoms with Crippen molar-refractivity contribution in [3.05, 3.63) is 24.3 Å². The van der Waals surface area contributed by atoms with Crippen LogP contribution in [0.1, 0.15) is 0 Å². The molecule has 86 valence electrons. The van der Waals surface area contributed by atoms with Gasteiger partial charge in [-0.15, -0.1) is 5.53 Å². The van der Waals surface area contributed by atoms with Crippen molar-refractivity contribution in [1.29, 1.82) is 0 Å². The molecule has 0 saturated heterocycles. The summed E-state index contributed by atoms with van der Waals surface area (Å²) in [7, 11) is 0. The summed E-state index contributed by atoms with van der Waals surface area (Å²) < 4.78 is 0. The van der Waals surface area contributed by atoms with E-state index in [4.69, 9.17) is 5.73 Å². The number of carbonyl (C=O) groups is 1. The van der Waals surface area contributed by atoms with Gasteiger partial charge in [-0.2, -0.15) is 5.17 Å². The molecule has 1 atom stereocenters. The molecule has 0 saturated carbocycles. The zero-order chi connectivity index (χ0) is 11.7. The second-order valence-corrected chi connectivity index (χ2v) is 3.43. The van der Waals surface area contributed by atoms with E-state index < -0.39 is 12.0 Å². The zero-order valence-corrected chi connectivity index (χ0v) is 8.37. The predicted molar refractivity (Wildman–Crippen MR) is 56.4 cm³/mol. The smallest absolute Gasteiger partial charge is 0.248 e. The molecular formula is C9H12N4O3. The summed E-state index contributed by atoms with van der Waals surface area (Å²) >= 11 is 0. The van der Waals surface area contributed by atoms with Gasteiger partial charge in [-0.05, 0) is 12.1 Å². The number of carbonyl (C=O) groups excluding carboxylic acids is 1. The summed E-state index contributed by atoms with van der Waals surface area (Å²) in [6.45, 7) is -0.0383. The van der Waals surface area contributed by atoms with Crippen LogP contribution in [-0.2, 0) is 4.79 Å². The van der Waals surface area contributed by atoms with Crippen molar-refractivity contribution in [2.45, 2.75) is 6.10 Å². The molecule has 1 aliphatic rings. The summed E-state index contributed by atoms with van der Waals surface area (Å²) in [6.07, 6.45) is -1.30. The molecule has 0 aromatic heterocycles. The fourth-order valence-electron chi connectivity index (χ4n) is 1.50. The average molecular weight is 224 g/mol. The van der Waals surface area contributed by atoms with Gasteiger partial charge in [0.25, 0.3) is 0 Å². The molecule has 0 radical (unpaired) electrons. The number of anilines is 2. The third-order valence-electron chi connectivity index (χ3n) is 2.30. The first-order valence-electron chi connectivity index (χ1n) is 4.69. The number of para-hydroxylation sites is 2. The summed E-state index contributed by atoms with van der Waals surface area (Å²) in [5.74, 6) is -0.810. The first-order chi connectivity index (χ1) is 7.59. The molecular weight excluding hydrogens is 212 g/mol. The Hall–Kier alpha value is -1.83. The Labute approximate surface area is 91.6 Å². The van der Waals surface area contributed by atoms with E-state index in [0.717, 1.165) is 5.17 Å². The Morgan fingerprint density at radius 2 is 2.06 bits per heavy atom. The third kappa shape index (κ3) is 1.78. The van der Waals surface area contributed by atoms with Crippen LogP contribution in [0.3, 0.4) is 0 Å². The van der Waals surface area contributed by atoms with Crippen LogP contribution >= 0.6 is 0 Å². The number of nitrogens with zero attached hydrogens (tertiary/aromatic N) is 2. The number of benzene rings is 1. The number of hydrazine groups is 2. The van der Waals surface area contributed by atoms with Gasteiger partial charge >= 0.3 is 0 Å². The highest BCUT2D eigenvalue weighted by atomic mass is 16.6. The molecule has 16 heavy (non-hydrogen) atoms. The molecule has 1 aliphatic heterocycles. The van der Waals surface area contributed by atoms with Gasteiger partial charge in [-0.1, -0.05) is 12.1 Å². The van der Waals surface area contributed by atoms with Crippen LogP contribution in [0.15, 0.2) is 24.3 Å². The minimum absolute atomic E-state index is 0.0383. The Balaban J connectivity index is 2.18. The Morgan fingerprint density at radius 1 is 1.44 bits per heavy atom. The second kappa shape index (κ2) is 3.97. The lowest BCUT2D eigenvalue weighted by atomic mass is 10.2. The molecule has 7 nitrogen and oxygen atoms in total. The largest absolute Gasteiger partial charge is 0.381 e. The molecule has 1 aromatic carbocycles. The summed E-state index contributed by atoms with van der Waals surface area (Å²) in [5, 5.41) is 21.1. The molecule has 0 aliphatic carbocycles. The van der Waals surface area contributed by atoms with Gasteiger partial charge in [0.1, 0.15) is 5.69 Å². The Morgan fingerprint density at radius 3 is 2.69 bits per heavy atom. The monoisotopic (exact) mass is 224 g/mol. The number of fused-ring (bicyclic) bond motifs is 1. The minimum Gasteiger partial charge on any atom is -0.381 e. The first kappa shape index (κ1) is 10.7. The van der Waals surface area contributed by atoms with Crippen LogP contribution in [-0.4, -0.2) is 28.9 Å². The molecule has 0 bridgehead atoms. The van der Waals surface area contributed by atoms with Crippen LogP contribution < -0.4 is 21.4 Å². The van der Waals surface area contributed by atoms with Crippen LogP contribution in [0.5, 0.6) is 0 Å². The lowest BCUT2D eigenvalue weighted by Gasteiger charge is -2.20. The van der Waals surface area contributed by atoms with Gasteiger partial charge in [0.05, 0.1) is 12.2 Å². The van der Waals surface area contributed by atoms with Gasteiger partial charge in [0.15, 0.2) is 6.10 Å². The molecule has 0 fully saturated rings. The standard InChI is InChI=1S/C9H12N4O3/c10-9(15)8(14)5-12-6-3-1-2-4-7(6)13(16)11-12/h1-4,8,11,14,16H,5H2,(H2,10,15). The number of β-amino-alcohol motifs (C(OH)–C–C–N with tert-alkyl or cyclic N) is 1. The quantitative estimate of drug-likeness (QED) is 0.523. The Kier molecular flexibility index (Phi) is 2.65. The average Bonchev–Trinajstić information content (AvgIpc) is 2.57. The van der Waals surface area contributed by atoms with Crippen LogP contribution in [0.4, 0.5) is 11.4 Å². The number of hydrogen-bond acceptors (Lipinski definition) is 6. The van der Waals surface area contributed by atoms with Crippen molar-refractivity contribution in [3.8, 4) is 0 Å². The predicted octanol–water partition coefficient (Wildman–Crippen LogP) is -1.03. The van der Waals surface area contributed by atoms with E-state index in [1.807, 2.05) is 0 Å². The van der Waals surface area contributed by atoms with Crippen molar-refractivity contribution >= 4 is 17.3 Å². The fraction of sp³-hybridized carbons (Fsp3) is 0.222. The number of nitrogens with two attached hydrogens (primary N) is 1. The number of aliphatic hydroxyl groups is 1. The van der Waals surface area contributed by atoms with Gasteiger partial charge in [-0.3, -0.25) is 15.0 Å². The zero-order valence-electron chi connectivity index (χ0n) is 8.37. The topological polar surface area (TPSA) is 102 Å². The highest BCUT2D eigenvalue weighted by molar-refractivity contribution is 5.80. The lowest BCUT2D eigenvalue weighted by molar-refractivity contribution is -0.125. The highest BCUT2D eigenvalue weighted by Gasteiger charge is 2.27. The highest BCUT2D eigenvalue weighted by Crippen LogP contribution is 2.31. The van der Waals surface area contributed by atoms with Gasteiger partial charge in [0, 0.05) is 0 Å². The van der Waals surface area contributed by atoms with Crippen molar-refractivity contribution in [3.63, 3.8) is 0 Å². The van der Waals surface area contributed by atoms with Gasteiger partial charge in [0.2, 0.25) is 5.91 Å². The lowest BCUT2D eigenvalue weighted by Crippen LogP contribution is -2.48. The number of aliphatic hydroxyl groups excluding tert-OH is 1. The van der Waals surface area contributed by atoms with E-state index in [9.17, 15) is 15.1 Å². The number of nitrogens with one attached hydrogen (secondary N) is 1. The molecule has 0 spiro atoms. The van der Waals surface area contributed by atoms with Crippen molar-refractivity contribution in [1.82, 2.24) is 5.53 Å². The SMILES string of the molecule is NC(=O)C(O)CN1NN(O)c2ccccc21. The van der Waals surface area contributed by atoms with E-state index in [1.54, 1.807) is 24.3 Å². The van der Waals surface area contributed by atoms with Crippen molar-refractivity contribution < 1.29 is 15.1 Å². The minimum atomic E-state index is -1.30. The summed E-state index contributed by atoms with van der Waals surface area (Å²) in [6, 6.07) is 6.98. The summed E-state index contributed by atoms with van der Waals surface area (Å²) in [5.41, 5.74) is 8.71. The van der Waals surface area contributed by atoms with Gasteiger partial charge in [-0.25, -0.2) is 0 Å². The van der Waals surface area contributed by atoms with E-state index in [2.05, 4.69) is 5.53 Å². The molecule has 5 N–H and O–H groups in total. The molecule has 1 unspecified atom stereocenters. The summed E-state index contributed by atoms with van der Waals surface area (Å²) in [4.78, 5) is 10.7. The van der Waals surface area contributed by atoms with E-state index >= 15 is 0 Å². The second-order valence-electron chi connectivity index (χ2n) is 3.43. The normalized spacial score (nSPS) is 16.1. The van der Waals surface area contributed by atoms with Crippen LogP contribution in [0.25, 0.3) is 0 Å². The Bertz CT molecular complexity index is 411. The number of rotatable bonds is 3. The van der Waals surface area contributed by atoms with Gasteiger partial charge < -0.3 is 10.8 Å². The number of primary amides is 1. The van der Waals surface area contributed by atoms with E-state index in [0.29, 0.717) is 11.4 Å².